The molecular weight excluding hydrogens is 489 g/mol. The minimum absolute atomic E-state index is 0.143. The van der Waals surface area contributed by atoms with Crippen molar-refractivity contribution in [3.8, 4) is 5.75 Å². The summed E-state index contributed by atoms with van der Waals surface area (Å²) in [6, 6.07) is 12.5. The number of carbonyl (C=O) groups excluding carboxylic acids is 3. The lowest BCUT2D eigenvalue weighted by Crippen LogP contribution is -2.17. The molecule has 1 N–H and O–H groups in total. The summed E-state index contributed by atoms with van der Waals surface area (Å²) in [6.07, 6.45) is 1.57. The summed E-state index contributed by atoms with van der Waals surface area (Å²) < 4.78 is 15.6. The number of ether oxygens (including phenoxy) is 2. The van der Waals surface area contributed by atoms with Gasteiger partial charge in [-0.3, -0.25) is 9.59 Å². The van der Waals surface area contributed by atoms with E-state index in [2.05, 4.69) is 5.32 Å². The summed E-state index contributed by atoms with van der Waals surface area (Å²) in [4.78, 5) is 37.1. The van der Waals surface area contributed by atoms with Gasteiger partial charge in [0.2, 0.25) is 11.7 Å². The number of anilines is 1. The van der Waals surface area contributed by atoms with Gasteiger partial charge in [-0.25, -0.2) is 4.79 Å². The Morgan fingerprint density at radius 3 is 2.61 bits per heavy atom. The number of hydrogen-bond donors (Lipinski definition) is 1. The van der Waals surface area contributed by atoms with Crippen LogP contribution in [0.25, 0.3) is 0 Å². The molecule has 1 aromatic heterocycles. The fourth-order valence-electron chi connectivity index (χ4n) is 2.77. The van der Waals surface area contributed by atoms with Crippen molar-refractivity contribution >= 4 is 58.3 Å². The van der Waals surface area contributed by atoms with Gasteiger partial charge in [-0.1, -0.05) is 23.2 Å². The molecule has 1 heterocycles. The van der Waals surface area contributed by atoms with Gasteiger partial charge in [-0.05, 0) is 48.5 Å². The van der Waals surface area contributed by atoms with E-state index in [-0.39, 0.29) is 27.8 Å². The molecular formula is C23H19Cl2NO6S. The normalized spacial score (nSPS) is 10.5. The van der Waals surface area contributed by atoms with Crippen molar-refractivity contribution in [3.63, 3.8) is 0 Å². The Morgan fingerprint density at radius 2 is 1.91 bits per heavy atom. The summed E-state index contributed by atoms with van der Waals surface area (Å²) >= 11 is 13.2. The second-order valence-electron chi connectivity index (χ2n) is 6.66. The number of carbonyl (C=O) groups is 3. The summed E-state index contributed by atoms with van der Waals surface area (Å²) in [5.41, 5.74) is 0.649. The number of rotatable bonds is 10. The highest BCUT2D eigenvalue weighted by atomic mass is 35.5. The fraction of sp³-hybridized carbons (Fsp3) is 0.174. The average molecular weight is 508 g/mol. The molecule has 33 heavy (non-hydrogen) atoms. The summed E-state index contributed by atoms with van der Waals surface area (Å²) in [5.74, 6) is 0.386. The Morgan fingerprint density at radius 1 is 1.09 bits per heavy atom. The number of amides is 1. The molecule has 3 aromatic rings. The van der Waals surface area contributed by atoms with Crippen LogP contribution < -0.4 is 10.1 Å². The van der Waals surface area contributed by atoms with Crippen LogP contribution in [-0.2, 0) is 15.3 Å². The quantitative estimate of drug-likeness (QED) is 0.285. The van der Waals surface area contributed by atoms with E-state index in [1.165, 1.54) is 55.3 Å². The summed E-state index contributed by atoms with van der Waals surface area (Å²) in [6.45, 7) is -0.503. The molecule has 0 spiro atoms. The number of esters is 1. The molecule has 0 radical (unpaired) electrons. The first-order chi connectivity index (χ1) is 15.9. The van der Waals surface area contributed by atoms with Crippen LogP contribution in [0.5, 0.6) is 5.75 Å². The van der Waals surface area contributed by atoms with Crippen LogP contribution >= 0.6 is 35.0 Å². The van der Waals surface area contributed by atoms with Gasteiger partial charge in [0, 0.05) is 10.6 Å². The zero-order valence-corrected chi connectivity index (χ0v) is 19.8. The molecule has 2 aromatic carbocycles. The third-order valence-corrected chi connectivity index (χ3v) is 5.84. The van der Waals surface area contributed by atoms with Crippen molar-refractivity contribution in [2.75, 3.05) is 24.8 Å². The van der Waals surface area contributed by atoms with Crippen molar-refractivity contribution in [2.45, 2.75) is 5.75 Å². The van der Waals surface area contributed by atoms with Crippen LogP contribution in [0.3, 0.4) is 0 Å². The van der Waals surface area contributed by atoms with Crippen molar-refractivity contribution in [2.24, 2.45) is 0 Å². The fourth-order valence-corrected chi connectivity index (χ4v) is 4.00. The van der Waals surface area contributed by atoms with E-state index in [4.69, 9.17) is 37.1 Å². The maximum absolute atomic E-state index is 12.5. The number of hydrogen-bond acceptors (Lipinski definition) is 7. The molecule has 3 rings (SSSR count). The lowest BCUT2D eigenvalue weighted by molar-refractivity contribution is -0.113. The van der Waals surface area contributed by atoms with Crippen LogP contribution in [0.4, 0.5) is 5.69 Å². The number of methoxy groups -OCH3 is 1. The molecule has 0 aliphatic rings. The zero-order chi connectivity index (χ0) is 23.8. The van der Waals surface area contributed by atoms with Gasteiger partial charge in [0.05, 0.1) is 41.2 Å². The van der Waals surface area contributed by atoms with Crippen molar-refractivity contribution in [3.05, 3.63) is 81.7 Å². The Hall–Kier alpha value is -2.94. The molecule has 7 nitrogen and oxygen atoms in total. The second kappa shape index (κ2) is 11.8. The molecule has 0 atom stereocenters. The standard InChI is InChI=1S/C23H19Cl2NO6S/c1-30-21-7-4-14(9-19(21)26-22(28)13-33-12-16-3-2-8-31-16)23(29)32-11-20(27)17-6-5-15(24)10-18(17)25/h2-10H,11-13H2,1H3,(H,26,28). The lowest BCUT2D eigenvalue weighted by Gasteiger charge is -2.12. The maximum atomic E-state index is 12.5. The van der Waals surface area contributed by atoms with E-state index in [9.17, 15) is 14.4 Å². The largest absolute Gasteiger partial charge is 0.495 e. The van der Waals surface area contributed by atoms with E-state index < -0.39 is 18.4 Å². The molecule has 10 heteroatoms. The molecule has 0 saturated carbocycles. The van der Waals surface area contributed by atoms with E-state index in [1.54, 1.807) is 12.3 Å². The van der Waals surface area contributed by atoms with Gasteiger partial charge in [0.15, 0.2) is 6.61 Å². The van der Waals surface area contributed by atoms with Gasteiger partial charge in [0.1, 0.15) is 11.5 Å². The molecule has 0 bridgehead atoms. The zero-order valence-electron chi connectivity index (χ0n) is 17.4. The molecule has 1 amide bonds. The molecule has 0 unspecified atom stereocenters. The first-order valence-electron chi connectivity index (χ1n) is 9.60. The molecule has 0 saturated heterocycles. The van der Waals surface area contributed by atoms with Gasteiger partial charge >= 0.3 is 5.97 Å². The summed E-state index contributed by atoms with van der Waals surface area (Å²) in [7, 11) is 1.45. The number of benzene rings is 2. The maximum Gasteiger partial charge on any atom is 0.338 e. The first kappa shape index (κ1) is 24.7. The average Bonchev–Trinajstić information content (AvgIpc) is 3.30. The number of Topliss-reactive ketones (excluding diaryl/α,β-unsaturated/α-hetero) is 1. The lowest BCUT2D eigenvalue weighted by atomic mass is 10.1. The number of furan rings is 1. The van der Waals surface area contributed by atoms with Gasteiger partial charge in [-0.2, -0.15) is 0 Å². The summed E-state index contributed by atoms with van der Waals surface area (Å²) in [5, 5.41) is 3.28. The SMILES string of the molecule is COc1ccc(C(=O)OCC(=O)c2ccc(Cl)cc2Cl)cc1NC(=O)CSCc1ccco1. The number of halogens is 2. The van der Waals surface area contributed by atoms with Crippen molar-refractivity contribution in [1.82, 2.24) is 0 Å². The van der Waals surface area contributed by atoms with Crippen LogP contribution in [0.2, 0.25) is 10.0 Å². The highest BCUT2D eigenvalue weighted by Crippen LogP contribution is 2.27. The number of thioether (sulfide) groups is 1. The van der Waals surface area contributed by atoms with Crippen molar-refractivity contribution < 1.29 is 28.3 Å². The molecule has 0 fully saturated rings. The minimum Gasteiger partial charge on any atom is -0.495 e. The monoisotopic (exact) mass is 507 g/mol. The van der Waals surface area contributed by atoms with Crippen molar-refractivity contribution in [1.29, 1.82) is 0 Å². The van der Waals surface area contributed by atoms with Crippen LogP contribution in [0, 0.1) is 0 Å². The van der Waals surface area contributed by atoms with Gasteiger partial charge in [0.25, 0.3) is 0 Å². The second-order valence-corrected chi connectivity index (χ2v) is 8.49. The van der Waals surface area contributed by atoms with Gasteiger partial charge < -0.3 is 19.2 Å². The Bertz CT molecular complexity index is 1150. The molecule has 0 aliphatic heterocycles. The first-order valence-corrected chi connectivity index (χ1v) is 11.5. The van der Waals surface area contributed by atoms with E-state index in [0.29, 0.717) is 22.2 Å². The van der Waals surface area contributed by atoms with Crippen LogP contribution in [0.15, 0.2) is 59.2 Å². The smallest absolute Gasteiger partial charge is 0.338 e. The van der Waals surface area contributed by atoms with E-state index in [0.717, 1.165) is 5.76 Å². The Labute approximate surface area is 204 Å². The van der Waals surface area contributed by atoms with Crippen LogP contribution in [-0.4, -0.2) is 37.1 Å². The third-order valence-electron chi connectivity index (χ3n) is 4.33. The highest BCUT2D eigenvalue weighted by Gasteiger charge is 2.17. The van der Waals surface area contributed by atoms with Gasteiger partial charge in [-0.15, -0.1) is 11.8 Å². The molecule has 172 valence electrons. The van der Waals surface area contributed by atoms with Crippen LogP contribution in [0.1, 0.15) is 26.5 Å². The highest BCUT2D eigenvalue weighted by molar-refractivity contribution is 7.99. The van der Waals surface area contributed by atoms with E-state index in [1.807, 2.05) is 6.07 Å². The predicted molar refractivity (Wildman–Crippen MR) is 128 cm³/mol. The number of ketones is 1. The number of nitrogens with one attached hydrogen (secondary N) is 1. The Kier molecular flexibility index (Phi) is 8.82. The third kappa shape index (κ3) is 7.02. The molecule has 0 aliphatic carbocycles. The predicted octanol–water partition coefficient (Wildman–Crippen LogP) is 5.51. The minimum atomic E-state index is -0.737. The topological polar surface area (TPSA) is 94.8 Å². The Balaban J connectivity index is 1.59. The van der Waals surface area contributed by atoms with E-state index >= 15 is 0 Å².